The number of carbonyl (C=O) groups is 2. The Labute approximate surface area is 193 Å². The van der Waals surface area contributed by atoms with Crippen molar-refractivity contribution in [3.05, 3.63) is 95.1 Å². The van der Waals surface area contributed by atoms with Crippen LogP contribution in [-0.4, -0.2) is 33.3 Å². The van der Waals surface area contributed by atoms with E-state index in [4.69, 9.17) is 4.18 Å². The number of hydrogen-bond acceptors (Lipinski definition) is 5. The van der Waals surface area contributed by atoms with Gasteiger partial charge in [-0.15, -0.1) is 0 Å². The maximum absolute atomic E-state index is 12.6. The second-order valence-electron chi connectivity index (χ2n) is 7.60. The number of hydrogen-bond donors (Lipinski definition) is 2. The van der Waals surface area contributed by atoms with E-state index in [0.717, 1.165) is 11.1 Å². The Morgan fingerprint density at radius 1 is 0.848 bits per heavy atom. The van der Waals surface area contributed by atoms with Crippen LogP contribution in [0.15, 0.2) is 77.7 Å². The summed E-state index contributed by atoms with van der Waals surface area (Å²) in [7, 11) is -3.99. The second kappa shape index (κ2) is 10.8. The minimum atomic E-state index is -3.99. The van der Waals surface area contributed by atoms with Gasteiger partial charge in [-0.1, -0.05) is 42.5 Å². The number of nitrogens with one attached hydrogen (secondary N) is 2. The molecular weight excluding hydrogens is 440 g/mol. The van der Waals surface area contributed by atoms with Crippen molar-refractivity contribution in [1.29, 1.82) is 0 Å². The van der Waals surface area contributed by atoms with Crippen LogP contribution in [0.1, 0.15) is 27.0 Å². The third-order valence-electron chi connectivity index (χ3n) is 4.88. The number of amides is 2. The summed E-state index contributed by atoms with van der Waals surface area (Å²) in [6, 6.07) is 20.3. The minimum absolute atomic E-state index is 0.110. The highest BCUT2D eigenvalue weighted by Crippen LogP contribution is 2.22. The van der Waals surface area contributed by atoms with Crippen LogP contribution in [0.3, 0.4) is 0 Å². The fourth-order valence-electron chi connectivity index (χ4n) is 3.13. The first-order valence-electron chi connectivity index (χ1n) is 10.5. The van der Waals surface area contributed by atoms with Gasteiger partial charge in [-0.2, -0.15) is 8.42 Å². The quantitative estimate of drug-likeness (QED) is 0.373. The zero-order chi connectivity index (χ0) is 23.8. The summed E-state index contributed by atoms with van der Waals surface area (Å²) in [5.41, 5.74) is 2.67. The van der Waals surface area contributed by atoms with E-state index in [2.05, 4.69) is 10.6 Å². The van der Waals surface area contributed by atoms with Crippen molar-refractivity contribution in [2.45, 2.75) is 25.2 Å². The Morgan fingerprint density at radius 2 is 1.52 bits per heavy atom. The summed E-state index contributed by atoms with van der Waals surface area (Å²) < 4.78 is 30.4. The van der Waals surface area contributed by atoms with E-state index >= 15 is 0 Å². The van der Waals surface area contributed by atoms with Crippen LogP contribution in [0.5, 0.6) is 5.75 Å². The van der Waals surface area contributed by atoms with E-state index in [-0.39, 0.29) is 35.4 Å². The monoisotopic (exact) mass is 466 g/mol. The van der Waals surface area contributed by atoms with Gasteiger partial charge < -0.3 is 14.8 Å². The highest BCUT2D eigenvalue weighted by molar-refractivity contribution is 7.87. The van der Waals surface area contributed by atoms with E-state index in [0.29, 0.717) is 17.7 Å². The summed E-state index contributed by atoms with van der Waals surface area (Å²) in [6.45, 7) is 4.07. The molecule has 0 fully saturated rings. The van der Waals surface area contributed by atoms with E-state index in [1.54, 1.807) is 26.0 Å². The Hall–Kier alpha value is -3.65. The number of benzene rings is 3. The smallest absolute Gasteiger partial charge is 0.339 e. The van der Waals surface area contributed by atoms with Gasteiger partial charge in [0.05, 0.1) is 6.42 Å². The van der Waals surface area contributed by atoms with Crippen molar-refractivity contribution in [3.63, 3.8) is 0 Å². The van der Waals surface area contributed by atoms with Crippen LogP contribution in [0, 0.1) is 13.8 Å². The molecule has 2 N–H and O–H groups in total. The lowest BCUT2D eigenvalue weighted by Gasteiger charge is -2.11. The fourth-order valence-corrected chi connectivity index (χ4v) is 4.38. The molecule has 0 aliphatic carbocycles. The van der Waals surface area contributed by atoms with Crippen molar-refractivity contribution < 1.29 is 22.2 Å². The average Bonchev–Trinajstić information content (AvgIpc) is 2.79. The predicted molar refractivity (Wildman–Crippen MR) is 126 cm³/mol. The zero-order valence-corrected chi connectivity index (χ0v) is 19.3. The molecule has 0 aromatic heterocycles. The molecule has 3 aromatic carbocycles. The standard InChI is InChI=1S/C25H26N2O5S/c1-18-8-9-19(2)23(16-18)33(30,31)32-22-12-10-21(11-13-22)25(29)27-15-14-26-24(28)17-20-6-4-3-5-7-20/h3-13,16H,14-15,17H2,1-2H3,(H,26,28)(H,27,29). The maximum Gasteiger partial charge on any atom is 0.339 e. The summed E-state index contributed by atoms with van der Waals surface area (Å²) in [5.74, 6) is -0.348. The SMILES string of the molecule is Cc1ccc(C)c(S(=O)(=O)Oc2ccc(C(=O)NCCNC(=O)Cc3ccccc3)cc2)c1. The summed E-state index contributed by atoms with van der Waals surface area (Å²) in [6.07, 6.45) is 0.279. The topological polar surface area (TPSA) is 102 Å². The van der Waals surface area contributed by atoms with Crippen LogP contribution >= 0.6 is 0 Å². The van der Waals surface area contributed by atoms with Crippen molar-refractivity contribution in [2.75, 3.05) is 13.1 Å². The average molecular weight is 467 g/mol. The first-order valence-corrected chi connectivity index (χ1v) is 11.9. The van der Waals surface area contributed by atoms with Crippen LogP contribution in [0.25, 0.3) is 0 Å². The fraction of sp³-hybridized carbons (Fsp3) is 0.200. The van der Waals surface area contributed by atoms with E-state index in [9.17, 15) is 18.0 Å². The first-order chi connectivity index (χ1) is 15.7. The molecule has 0 saturated heterocycles. The van der Waals surface area contributed by atoms with Gasteiger partial charge in [0.2, 0.25) is 5.91 Å². The van der Waals surface area contributed by atoms with Gasteiger partial charge in [-0.3, -0.25) is 9.59 Å². The van der Waals surface area contributed by atoms with Gasteiger partial charge in [0.15, 0.2) is 0 Å². The molecule has 172 valence electrons. The molecule has 0 spiro atoms. The molecule has 8 heteroatoms. The highest BCUT2D eigenvalue weighted by atomic mass is 32.2. The molecule has 0 radical (unpaired) electrons. The molecule has 0 unspecified atom stereocenters. The Morgan fingerprint density at radius 3 is 2.21 bits per heavy atom. The number of carbonyl (C=O) groups excluding carboxylic acids is 2. The van der Waals surface area contributed by atoms with Crippen molar-refractivity contribution in [1.82, 2.24) is 10.6 Å². The Balaban J connectivity index is 1.48. The second-order valence-corrected chi connectivity index (χ2v) is 9.11. The van der Waals surface area contributed by atoms with Gasteiger partial charge >= 0.3 is 10.1 Å². The molecule has 3 aromatic rings. The predicted octanol–water partition coefficient (Wildman–Crippen LogP) is 3.16. The van der Waals surface area contributed by atoms with Gasteiger partial charge in [0, 0.05) is 18.7 Å². The number of aryl methyl sites for hydroxylation is 2. The van der Waals surface area contributed by atoms with Crippen LogP contribution in [0.4, 0.5) is 0 Å². The summed E-state index contributed by atoms with van der Waals surface area (Å²) in [4.78, 5) is 24.3. The molecule has 0 aliphatic heterocycles. The van der Waals surface area contributed by atoms with Crippen LogP contribution < -0.4 is 14.8 Å². The molecule has 2 amide bonds. The van der Waals surface area contributed by atoms with Crippen molar-refractivity contribution >= 4 is 21.9 Å². The summed E-state index contributed by atoms with van der Waals surface area (Å²) >= 11 is 0. The lowest BCUT2D eigenvalue weighted by Crippen LogP contribution is -2.35. The molecule has 0 saturated carbocycles. The van der Waals surface area contributed by atoms with Crippen LogP contribution in [-0.2, 0) is 21.3 Å². The summed E-state index contributed by atoms with van der Waals surface area (Å²) in [5, 5.41) is 5.47. The number of rotatable bonds is 9. The van der Waals surface area contributed by atoms with Gasteiger partial charge in [-0.05, 0) is 60.9 Å². The Kier molecular flexibility index (Phi) is 7.84. The Bertz CT molecular complexity index is 1220. The molecule has 33 heavy (non-hydrogen) atoms. The van der Waals surface area contributed by atoms with E-state index < -0.39 is 10.1 Å². The van der Waals surface area contributed by atoms with E-state index in [1.807, 2.05) is 36.4 Å². The van der Waals surface area contributed by atoms with Crippen molar-refractivity contribution in [3.8, 4) is 5.75 Å². The molecule has 3 rings (SSSR count). The lowest BCUT2D eigenvalue weighted by molar-refractivity contribution is -0.120. The van der Waals surface area contributed by atoms with Crippen LogP contribution in [0.2, 0.25) is 0 Å². The first kappa shape index (κ1) is 24.0. The molecule has 0 aliphatic rings. The molecule has 0 heterocycles. The molecule has 7 nitrogen and oxygen atoms in total. The highest BCUT2D eigenvalue weighted by Gasteiger charge is 2.19. The van der Waals surface area contributed by atoms with Gasteiger partial charge in [0.1, 0.15) is 10.6 Å². The largest absolute Gasteiger partial charge is 0.379 e. The third-order valence-corrected chi connectivity index (χ3v) is 6.27. The lowest BCUT2D eigenvalue weighted by atomic mass is 10.1. The minimum Gasteiger partial charge on any atom is -0.379 e. The third kappa shape index (κ3) is 6.92. The normalized spacial score (nSPS) is 11.0. The van der Waals surface area contributed by atoms with E-state index in [1.165, 1.54) is 24.3 Å². The zero-order valence-electron chi connectivity index (χ0n) is 18.5. The molecule has 0 atom stereocenters. The van der Waals surface area contributed by atoms with Gasteiger partial charge in [0.25, 0.3) is 5.91 Å². The van der Waals surface area contributed by atoms with Gasteiger partial charge in [-0.25, -0.2) is 0 Å². The molecule has 0 bridgehead atoms. The maximum atomic E-state index is 12.6. The molecular formula is C25H26N2O5S. The van der Waals surface area contributed by atoms with Crippen molar-refractivity contribution in [2.24, 2.45) is 0 Å².